The molecule has 0 spiro atoms. The van der Waals surface area contributed by atoms with Crippen LogP contribution in [0.2, 0.25) is 5.15 Å². The molecule has 110 valence electrons. The molecule has 2 aromatic heterocycles. The van der Waals surface area contributed by atoms with Crippen molar-refractivity contribution in [2.45, 2.75) is 17.9 Å². The van der Waals surface area contributed by atoms with Crippen LogP contribution in [0.15, 0.2) is 16.6 Å². The minimum atomic E-state index is -3.78. The highest BCUT2D eigenvalue weighted by molar-refractivity contribution is 7.89. The van der Waals surface area contributed by atoms with Gasteiger partial charge < -0.3 is 4.74 Å². The fraction of sp³-hybridized carbons (Fsp3) is 0.400. The lowest BCUT2D eigenvalue weighted by atomic mass is 10.3. The van der Waals surface area contributed by atoms with Gasteiger partial charge in [0.05, 0.1) is 7.11 Å². The molecule has 7 nitrogen and oxygen atoms in total. The summed E-state index contributed by atoms with van der Waals surface area (Å²) >= 11 is 7.15. The molecule has 0 saturated heterocycles. The number of rotatable bonds is 6. The Bertz CT molecular complexity index is 722. The summed E-state index contributed by atoms with van der Waals surface area (Å²) in [7, 11) is -2.49. The summed E-state index contributed by atoms with van der Waals surface area (Å²) in [6, 6.07) is 0. The zero-order valence-electron chi connectivity index (χ0n) is 10.5. The maximum Gasteiger partial charge on any atom is 0.305 e. The van der Waals surface area contributed by atoms with Crippen LogP contribution in [0.4, 0.5) is 0 Å². The van der Waals surface area contributed by atoms with Crippen LogP contribution in [-0.4, -0.2) is 37.4 Å². The summed E-state index contributed by atoms with van der Waals surface area (Å²) in [5, 5.41) is 1.56. The number of hydrogen-bond donors (Lipinski definition) is 1. The molecule has 0 aromatic carbocycles. The summed E-state index contributed by atoms with van der Waals surface area (Å²) in [5.74, 6) is -0.383. The lowest BCUT2D eigenvalue weighted by Gasteiger charge is -2.05. The number of halogens is 1. The fourth-order valence-electron chi connectivity index (χ4n) is 1.59. The third kappa shape index (κ3) is 3.11. The van der Waals surface area contributed by atoms with Crippen LogP contribution in [0.25, 0.3) is 4.96 Å². The second kappa shape index (κ2) is 6.08. The summed E-state index contributed by atoms with van der Waals surface area (Å²) in [6.07, 6.45) is 2.07. The zero-order valence-corrected chi connectivity index (χ0v) is 12.9. The number of nitrogens with zero attached hydrogens (tertiary/aromatic N) is 2. The van der Waals surface area contributed by atoms with Crippen molar-refractivity contribution in [3.63, 3.8) is 0 Å². The summed E-state index contributed by atoms with van der Waals surface area (Å²) in [4.78, 5) is 15.4. The number of esters is 1. The van der Waals surface area contributed by atoms with E-state index in [1.165, 1.54) is 22.8 Å². The van der Waals surface area contributed by atoms with E-state index in [0.717, 1.165) is 0 Å². The smallest absolute Gasteiger partial charge is 0.305 e. The van der Waals surface area contributed by atoms with Crippen molar-refractivity contribution in [3.05, 3.63) is 16.7 Å². The number of nitrogens with one attached hydrogen (secondary N) is 1. The molecule has 0 aliphatic heterocycles. The number of sulfonamides is 1. The number of thiazole rings is 1. The molecule has 2 aromatic rings. The largest absolute Gasteiger partial charge is 0.469 e. The Morgan fingerprint density at radius 2 is 2.35 bits per heavy atom. The van der Waals surface area contributed by atoms with Gasteiger partial charge >= 0.3 is 5.97 Å². The van der Waals surface area contributed by atoms with Crippen LogP contribution in [0, 0.1) is 0 Å². The lowest BCUT2D eigenvalue weighted by molar-refractivity contribution is -0.140. The number of aromatic nitrogens is 2. The molecule has 2 heterocycles. The van der Waals surface area contributed by atoms with Gasteiger partial charge in [-0.1, -0.05) is 11.6 Å². The highest BCUT2D eigenvalue weighted by Crippen LogP contribution is 2.25. The van der Waals surface area contributed by atoms with Crippen molar-refractivity contribution in [1.82, 2.24) is 14.1 Å². The van der Waals surface area contributed by atoms with Crippen molar-refractivity contribution in [2.24, 2.45) is 0 Å². The Hall–Kier alpha value is -1.16. The fourth-order valence-corrected chi connectivity index (χ4v) is 4.11. The van der Waals surface area contributed by atoms with E-state index in [4.69, 9.17) is 11.6 Å². The van der Waals surface area contributed by atoms with E-state index in [2.05, 4.69) is 14.4 Å². The van der Waals surface area contributed by atoms with Gasteiger partial charge in [0.15, 0.2) is 15.1 Å². The molecule has 20 heavy (non-hydrogen) atoms. The molecule has 0 amide bonds. The third-order valence-corrected chi connectivity index (χ3v) is 5.13. The van der Waals surface area contributed by atoms with Gasteiger partial charge in [-0.3, -0.25) is 9.20 Å². The molecule has 0 saturated carbocycles. The molecular weight excluding hydrogens is 326 g/mol. The van der Waals surface area contributed by atoms with Crippen LogP contribution < -0.4 is 4.72 Å². The molecule has 0 radical (unpaired) electrons. The van der Waals surface area contributed by atoms with E-state index >= 15 is 0 Å². The van der Waals surface area contributed by atoms with E-state index in [1.807, 2.05) is 0 Å². The average Bonchev–Trinajstić information content (AvgIpc) is 2.93. The quantitative estimate of drug-likeness (QED) is 0.633. The average molecular weight is 338 g/mol. The molecule has 1 N–H and O–H groups in total. The van der Waals surface area contributed by atoms with Crippen LogP contribution in [0.3, 0.4) is 0 Å². The summed E-state index contributed by atoms with van der Waals surface area (Å²) < 4.78 is 32.6. The van der Waals surface area contributed by atoms with E-state index < -0.39 is 10.0 Å². The maximum absolute atomic E-state index is 12.2. The van der Waals surface area contributed by atoms with E-state index in [1.54, 1.807) is 11.6 Å². The van der Waals surface area contributed by atoms with Crippen molar-refractivity contribution in [2.75, 3.05) is 13.7 Å². The van der Waals surface area contributed by atoms with Crippen molar-refractivity contribution >= 4 is 43.9 Å². The van der Waals surface area contributed by atoms with Gasteiger partial charge in [0.1, 0.15) is 0 Å². The number of imidazole rings is 1. The highest BCUT2D eigenvalue weighted by Gasteiger charge is 2.24. The van der Waals surface area contributed by atoms with Crippen LogP contribution in [0.5, 0.6) is 0 Å². The lowest BCUT2D eigenvalue weighted by Crippen LogP contribution is -2.26. The monoisotopic (exact) mass is 337 g/mol. The van der Waals surface area contributed by atoms with Crippen LogP contribution in [-0.2, 0) is 19.6 Å². The second-order valence-corrected chi connectivity index (χ2v) is 6.75. The zero-order chi connectivity index (χ0) is 14.8. The first-order chi connectivity index (χ1) is 9.45. The van der Waals surface area contributed by atoms with Gasteiger partial charge in [0, 0.05) is 24.5 Å². The Balaban J connectivity index is 2.09. The highest BCUT2D eigenvalue weighted by atomic mass is 35.5. The molecular formula is C10H12ClN3O4S2. The topological polar surface area (TPSA) is 89.8 Å². The van der Waals surface area contributed by atoms with E-state index in [0.29, 0.717) is 11.4 Å². The first kappa shape index (κ1) is 15.2. The second-order valence-electron chi connectivity index (χ2n) is 3.84. The Morgan fingerprint density at radius 1 is 1.60 bits per heavy atom. The molecule has 2 rings (SSSR count). The molecule has 0 atom stereocenters. The number of carbonyl (C=O) groups is 1. The Kier molecular flexibility index (Phi) is 4.63. The molecule has 0 bridgehead atoms. The van der Waals surface area contributed by atoms with Gasteiger partial charge in [0.25, 0.3) is 10.0 Å². The first-order valence-corrected chi connectivity index (χ1v) is 8.37. The van der Waals surface area contributed by atoms with Crippen LogP contribution in [0.1, 0.15) is 12.8 Å². The molecule has 0 unspecified atom stereocenters. The maximum atomic E-state index is 12.2. The predicted octanol–water partition coefficient (Wildman–Crippen LogP) is 1.28. The number of methoxy groups -OCH3 is 1. The summed E-state index contributed by atoms with van der Waals surface area (Å²) in [6.45, 7) is 0.116. The number of fused-ring (bicyclic) bond motifs is 1. The predicted molar refractivity (Wildman–Crippen MR) is 74.5 cm³/mol. The first-order valence-electron chi connectivity index (χ1n) is 5.63. The third-order valence-electron chi connectivity index (χ3n) is 2.51. The van der Waals surface area contributed by atoms with Crippen LogP contribution >= 0.6 is 22.9 Å². The standard InChI is InChI=1S/C10H12ClN3O4S2/c1-18-7(15)3-2-4-12-20(16,17)9-8(11)13-10-14(9)5-6-19-10/h5-6,12H,2-4H2,1H3. The van der Waals surface area contributed by atoms with Gasteiger partial charge in [-0.25, -0.2) is 18.1 Å². The number of carbonyl (C=O) groups excluding carboxylic acids is 1. The van der Waals surface area contributed by atoms with Gasteiger partial charge in [-0.05, 0) is 6.42 Å². The molecule has 10 heteroatoms. The molecule has 0 fully saturated rings. The Labute approximate surface area is 124 Å². The molecule has 0 aliphatic rings. The van der Waals surface area contributed by atoms with Crippen molar-refractivity contribution < 1.29 is 17.9 Å². The van der Waals surface area contributed by atoms with Gasteiger partial charge in [-0.15, -0.1) is 11.3 Å². The molecule has 0 aliphatic carbocycles. The van der Waals surface area contributed by atoms with Crippen molar-refractivity contribution in [1.29, 1.82) is 0 Å². The number of ether oxygens (including phenoxy) is 1. The minimum Gasteiger partial charge on any atom is -0.469 e. The SMILES string of the molecule is COC(=O)CCCNS(=O)(=O)c1c(Cl)nc2sccn12. The normalized spacial score (nSPS) is 11.9. The van der Waals surface area contributed by atoms with E-state index in [9.17, 15) is 13.2 Å². The van der Waals surface area contributed by atoms with Crippen molar-refractivity contribution in [3.8, 4) is 0 Å². The van der Waals surface area contributed by atoms with Gasteiger partial charge in [-0.2, -0.15) is 0 Å². The number of hydrogen-bond acceptors (Lipinski definition) is 6. The Morgan fingerprint density at radius 3 is 3.05 bits per heavy atom. The van der Waals surface area contributed by atoms with E-state index in [-0.39, 0.29) is 29.1 Å². The summed E-state index contributed by atoms with van der Waals surface area (Å²) in [5.41, 5.74) is 0. The minimum absolute atomic E-state index is 0.0719. The van der Waals surface area contributed by atoms with Gasteiger partial charge in [0.2, 0.25) is 0 Å².